The van der Waals surface area contributed by atoms with E-state index in [0.29, 0.717) is 17.5 Å². The lowest BCUT2D eigenvalue weighted by molar-refractivity contribution is 0.267. The molecular formula is C16H21NO4. The fourth-order valence-corrected chi connectivity index (χ4v) is 2.52. The van der Waals surface area contributed by atoms with Gasteiger partial charge in [-0.1, -0.05) is 13.8 Å². The Kier molecular flexibility index (Phi) is 4.85. The molecule has 1 aromatic heterocycles. The maximum absolute atomic E-state index is 11.7. The van der Waals surface area contributed by atoms with Gasteiger partial charge in [0.1, 0.15) is 5.58 Å². The van der Waals surface area contributed by atoms with E-state index in [4.69, 9.17) is 4.42 Å². The first-order valence-electron chi connectivity index (χ1n) is 7.26. The predicted octanol–water partition coefficient (Wildman–Crippen LogP) is 2.83. The van der Waals surface area contributed by atoms with E-state index in [1.807, 2.05) is 0 Å². The van der Waals surface area contributed by atoms with Crippen LogP contribution in [0.5, 0.6) is 11.5 Å². The molecule has 0 amide bonds. The molecule has 1 aromatic carbocycles. The van der Waals surface area contributed by atoms with Gasteiger partial charge >= 0.3 is 5.63 Å². The van der Waals surface area contributed by atoms with Crippen LogP contribution in [-0.4, -0.2) is 28.2 Å². The minimum Gasteiger partial charge on any atom is -0.504 e. The molecule has 0 aliphatic heterocycles. The Bertz CT molecular complexity index is 672. The van der Waals surface area contributed by atoms with E-state index in [2.05, 4.69) is 18.7 Å². The third kappa shape index (κ3) is 3.55. The van der Waals surface area contributed by atoms with Crippen LogP contribution in [0.15, 0.2) is 27.4 Å². The van der Waals surface area contributed by atoms with Gasteiger partial charge in [0.15, 0.2) is 11.5 Å². The van der Waals surface area contributed by atoms with Gasteiger partial charge in [-0.25, -0.2) is 4.79 Å². The molecule has 0 aliphatic carbocycles. The van der Waals surface area contributed by atoms with E-state index in [9.17, 15) is 15.0 Å². The smallest absolute Gasteiger partial charge is 0.336 e. The summed E-state index contributed by atoms with van der Waals surface area (Å²) in [6.07, 6.45) is 2.07. The molecule has 5 nitrogen and oxygen atoms in total. The molecule has 0 bridgehead atoms. The normalized spacial score (nSPS) is 11.4. The molecule has 5 heteroatoms. The monoisotopic (exact) mass is 291 g/mol. The fourth-order valence-electron chi connectivity index (χ4n) is 2.52. The van der Waals surface area contributed by atoms with Gasteiger partial charge in [-0.05, 0) is 37.6 Å². The van der Waals surface area contributed by atoms with Gasteiger partial charge in [0.05, 0.1) is 0 Å². The van der Waals surface area contributed by atoms with Crippen molar-refractivity contribution in [3.05, 3.63) is 34.2 Å². The lowest BCUT2D eigenvalue weighted by Gasteiger charge is -2.21. The van der Waals surface area contributed by atoms with Crippen LogP contribution in [0.2, 0.25) is 0 Å². The molecule has 21 heavy (non-hydrogen) atoms. The summed E-state index contributed by atoms with van der Waals surface area (Å²) in [6.45, 7) is 6.74. The maximum atomic E-state index is 11.7. The summed E-state index contributed by atoms with van der Waals surface area (Å²) in [7, 11) is 0. The number of phenols is 2. The highest BCUT2D eigenvalue weighted by atomic mass is 16.4. The van der Waals surface area contributed by atoms with Crippen molar-refractivity contribution < 1.29 is 14.6 Å². The summed E-state index contributed by atoms with van der Waals surface area (Å²) >= 11 is 0. The fraction of sp³-hybridized carbons (Fsp3) is 0.438. The Balaban J connectivity index is 2.46. The Morgan fingerprint density at radius 2 is 1.67 bits per heavy atom. The van der Waals surface area contributed by atoms with Crippen molar-refractivity contribution in [2.24, 2.45) is 0 Å². The largest absolute Gasteiger partial charge is 0.504 e. The number of fused-ring (bicyclic) bond motifs is 1. The standard InChI is InChI=1S/C16H21NO4/c1-3-5-17(6-4-2)10-11-7-16(20)21-15-9-14(19)13(18)8-12(11)15/h7-9,18-19H,3-6,10H2,1-2H3. The number of aromatic hydroxyl groups is 2. The van der Waals surface area contributed by atoms with Gasteiger partial charge in [-0.2, -0.15) is 0 Å². The van der Waals surface area contributed by atoms with E-state index in [0.717, 1.165) is 31.5 Å². The topological polar surface area (TPSA) is 73.9 Å². The van der Waals surface area contributed by atoms with Crippen LogP contribution in [0.1, 0.15) is 32.3 Å². The van der Waals surface area contributed by atoms with E-state index < -0.39 is 5.63 Å². The van der Waals surface area contributed by atoms with Crippen LogP contribution >= 0.6 is 0 Å². The summed E-state index contributed by atoms with van der Waals surface area (Å²) in [5.41, 5.74) is 0.648. The zero-order valence-electron chi connectivity index (χ0n) is 12.4. The summed E-state index contributed by atoms with van der Waals surface area (Å²) < 4.78 is 5.09. The average Bonchev–Trinajstić information content (AvgIpc) is 2.41. The summed E-state index contributed by atoms with van der Waals surface area (Å²) in [5, 5.41) is 19.9. The number of hydrogen-bond acceptors (Lipinski definition) is 5. The molecule has 0 atom stereocenters. The van der Waals surface area contributed by atoms with Crippen molar-refractivity contribution in [3.63, 3.8) is 0 Å². The summed E-state index contributed by atoms with van der Waals surface area (Å²) in [4.78, 5) is 13.9. The SMILES string of the molecule is CCCN(CCC)Cc1cc(=O)oc2cc(O)c(O)cc12. The minimum atomic E-state index is -0.449. The minimum absolute atomic E-state index is 0.213. The van der Waals surface area contributed by atoms with Gasteiger partial charge in [0.2, 0.25) is 0 Å². The first-order chi connectivity index (χ1) is 10.0. The van der Waals surface area contributed by atoms with Crippen molar-refractivity contribution >= 4 is 11.0 Å². The average molecular weight is 291 g/mol. The van der Waals surface area contributed by atoms with Crippen LogP contribution in [0.4, 0.5) is 0 Å². The highest BCUT2D eigenvalue weighted by molar-refractivity contribution is 5.83. The molecule has 0 saturated carbocycles. The third-order valence-corrected chi connectivity index (χ3v) is 3.40. The molecule has 0 unspecified atom stereocenters. The molecule has 0 aliphatic rings. The first kappa shape index (κ1) is 15.4. The number of phenolic OH excluding ortho intramolecular Hbond substituents is 2. The van der Waals surface area contributed by atoms with E-state index in [-0.39, 0.29) is 11.5 Å². The number of nitrogens with zero attached hydrogens (tertiary/aromatic N) is 1. The molecule has 0 fully saturated rings. The van der Waals surface area contributed by atoms with Gasteiger partial charge in [-0.3, -0.25) is 4.90 Å². The van der Waals surface area contributed by atoms with Crippen molar-refractivity contribution in [1.29, 1.82) is 0 Å². The van der Waals surface area contributed by atoms with Crippen LogP contribution in [0.3, 0.4) is 0 Å². The molecular weight excluding hydrogens is 270 g/mol. The van der Waals surface area contributed by atoms with Gasteiger partial charge in [0.25, 0.3) is 0 Å². The number of rotatable bonds is 6. The molecule has 2 aromatic rings. The van der Waals surface area contributed by atoms with Crippen molar-refractivity contribution in [2.75, 3.05) is 13.1 Å². The second-order valence-electron chi connectivity index (χ2n) is 5.20. The Morgan fingerprint density at radius 1 is 1.05 bits per heavy atom. The molecule has 0 spiro atoms. The van der Waals surface area contributed by atoms with Gasteiger partial charge in [-0.15, -0.1) is 0 Å². The number of benzene rings is 1. The molecule has 2 N–H and O–H groups in total. The zero-order chi connectivity index (χ0) is 15.4. The Morgan fingerprint density at radius 3 is 2.29 bits per heavy atom. The zero-order valence-corrected chi connectivity index (χ0v) is 12.4. The quantitative estimate of drug-likeness (QED) is 0.632. The van der Waals surface area contributed by atoms with Crippen LogP contribution in [0.25, 0.3) is 11.0 Å². The van der Waals surface area contributed by atoms with Crippen LogP contribution in [-0.2, 0) is 6.54 Å². The van der Waals surface area contributed by atoms with Gasteiger partial charge in [0, 0.05) is 24.1 Å². The maximum Gasteiger partial charge on any atom is 0.336 e. The molecule has 114 valence electrons. The first-order valence-corrected chi connectivity index (χ1v) is 7.26. The van der Waals surface area contributed by atoms with Crippen LogP contribution < -0.4 is 5.63 Å². The Hall–Kier alpha value is -2.01. The van der Waals surface area contributed by atoms with Crippen molar-refractivity contribution in [3.8, 4) is 11.5 Å². The second kappa shape index (κ2) is 6.63. The molecule has 0 saturated heterocycles. The lowest BCUT2D eigenvalue weighted by Crippen LogP contribution is -2.25. The van der Waals surface area contributed by atoms with Crippen molar-refractivity contribution in [1.82, 2.24) is 4.90 Å². The molecule has 2 rings (SSSR count). The summed E-state index contributed by atoms with van der Waals surface area (Å²) in [5.74, 6) is -0.503. The third-order valence-electron chi connectivity index (χ3n) is 3.40. The number of hydrogen-bond donors (Lipinski definition) is 2. The van der Waals surface area contributed by atoms with Crippen LogP contribution in [0, 0.1) is 0 Å². The predicted molar refractivity (Wildman–Crippen MR) is 81.7 cm³/mol. The molecule has 0 radical (unpaired) electrons. The summed E-state index contributed by atoms with van der Waals surface area (Å²) in [6, 6.07) is 4.18. The highest BCUT2D eigenvalue weighted by Crippen LogP contribution is 2.31. The molecule has 1 heterocycles. The second-order valence-corrected chi connectivity index (χ2v) is 5.20. The highest BCUT2D eigenvalue weighted by Gasteiger charge is 2.12. The van der Waals surface area contributed by atoms with E-state index in [1.165, 1.54) is 18.2 Å². The lowest BCUT2D eigenvalue weighted by atomic mass is 10.1. The van der Waals surface area contributed by atoms with E-state index in [1.54, 1.807) is 0 Å². The van der Waals surface area contributed by atoms with Gasteiger partial charge < -0.3 is 14.6 Å². The van der Waals surface area contributed by atoms with Crippen molar-refractivity contribution in [2.45, 2.75) is 33.2 Å². The Labute approximate surface area is 123 Å². The van der Waals surface area contributed by atoms with E-state index >= 15 is 0 Å².